The first kappa shape index (κ1) is 15.6. The first-order valence-corrected chi connectivity index (χ1v) is 9.11. The van der Waals surface area contributed by atoms with Gasteiger partial charge in [0.25, 0.3) is 10.0 Å². The summed E-state index contributed by atoms with van der Waals surface area (Å²) in [6.45, 7) is 0.0164. The third-order valence-corrected chi connectivity index (χ3v) is 5.84. The highest BCUT2D eigenvalue weighted by atomic mass is 32.2. The number of hydrogen-bond donors (Lipinski definition) is 0. The van der Waals surface area contributed by atoms with Crippen LogP contribution >= 0.6 is 11.3 Å². The number of rotatable bonds is 5. The molecule has 0 atom stereocenters. The van der Waals surface area contributed by atoms with Crippen molar-refractivity contribution in [3.05, 3.63) is 77.6 Å². The second kappa shape index (κ2) is 6.47. The lowest BCUT2D eigenvalue weighted by molar-refractivity contribution is 0.589. The van der Waals surface area contributed by atoms with E-state index in [9.17, 15) is 12.8 Å². The molecule has 7 heteroatoms. The molecule has 4 nitrogen and oxygen atoms in total. The Kier molecular flexibility index (Phi) is 4.40. The van der Waals surface area contributed by atoms with E-state index in [1.807, 2.05) is 0 Å². The minimum atomic E-state index is -3.78. The van der Waals surface area contributed by atoms with Crippen LogP contribution in [0, 0.1) is 5.82 Å². The fourth-order valence-corrected chi connectivity index (χ4v) is 4.41. The first-order valence-electron chi connectivity index (χ1n) is 6.79. The maximum absolute atomic E-state index is 13.4. The summed E-state index contributed by atoms with van der Waals surface area (Å²) in [6.07, 6.45) is 1.54. The van der Waals surface area contributed by atoms with Crippen molar-refractivity contribution in [3.63, 3.8) is 0 Å². The van der Waals surface area contributed by atoms with Crippen molar-refractivity contribution in [1.29, 1.82) is 0 Å². The van der Waals surface area contributed by atoms with Gasteiger partial charge in [-0.1, -0.05) is 30.3 Å². The lowest BCUT2D eigenvalue weighted by Gasteiger charge is -2.21. The average Bonchev–Trinajstić information content (AvgIpc) is 3.07. The topological polar surface area (TPSA) is 50.3 Å². The van der Waals surface area contributed by atoms with Gasteiger partial charge in [0, 0.05) is 11.6 Å². The van der Waals surface area contributed by atoms with E-state index in [4.69, 9.17) is 0 Å². The van der Waals surface area contributed by atoms with Crippen LogP contribution in [0.3, 0.4) is 0 Å². The van der Waals surface area contributed by atoms with E-state index in [-0.39, 0.29) is 11.4 Å². The van der Waals surface area contributed by atoms with Gasteiger partial charge >= 0.3 is 0 Å². The van der Waals surface area contributed by atoms with Crippen molar-refractivity contribution < 1.29 is 12.8 Å². The minimum Gasteiger partial charge on any atom is -0.237 e. The van der Waals surface area contributed by atoms with Crippen LogP contribution in [-0.4, -0.2) is 13.4 Å². The zero-order chi connectivity index (χ0) is 16.3. The molecule has 0 saturated carbocycles. The van der Waals surface area contributed by atoms with Gasteiger partial charge in [0.05, 0.1) is 11.4 Å². The molecule has 0 amide bonds. The highest BCUT2D eigenvalue weighted by Crippen LogP contribution is 2.27. The lowest BCUT2D eigenvalue weighted by atomic mass is 10.2. The molecular formula is C16H13FN2O2S2. The number of anilines is 1. The number of nitrogens with zero attached hydrogens (tertiary/aromatic N) is 2. The molecular weight excluding hydrogens is 335 g/mol. The van der Waals surface area contributed by atoms with Crippen LogP contribution in [0.5, 0.6) is 0 Å². The van der Waals surface area contributed by atoms with Crippen LogP contribution in [0.4, 0.5) is 9.52 Å². The molecule has 118 valence electrons. The zero-order valence-corrected chi connectivity index (χ0v) is 13.6. The molecule has 3 rings (SSSR count). The molecule has 1 heterocycles. The predicted octanol–water partition coefficient (Wildman–Crippen LogP) is 3.68. The van der Waals surface area contributed by atoms with E-state index < -0.39 is 15.8 Å². The van der Waals surface area contributed by atoms with Gasteiger partial charge in [-0.05, 0) is 29.8 Å². The molecule has 0 radical (unpaired) electrons. The highest BCUT2D eigenvalue weighted by Gasteiger charge is 2.26. The Balaban J connectivity index is 2.03. The van der Waals surface area contributed by atoms with E-state index in [1.165, 1.54) is 39.9 Å². The summed E-state index contributed by atoms with van der Waals surface area (Å²) in [5, 5.41) is 2.05. The highest BCUT2D eigenvalue weighted by molar-refractivity contribution is 7.93. The number of benzene rings is 2. The first-order chi connectivity index (χ1) is 11.1. The van der Waals surface area contributed by atoms with E-state index >= 15 is 0 Å². The van der Waals surface area contributed by atoms with Crippen molar-refractivity contribution in [3.8, 4) is 0 Å². The summed E-state index contributed by atoms with van der Waals surface area (Å²) >= 11 is 1.22. The van der Waals surface area contributed by atoms with Gasteiger partial charge in [-0.3, -0.25) is 0 Å². The predicted molar refractivity (Wildman–Crippen MR) is 88.3 cm³/mol. The monoisotopic (exact) mass is 348 g/mol. The summed E-state index contributed by atoms with van der Waals surface area (Å²) in [7, 11) is -3.78. The number of sulfonamides is 1. The SMILES string of the molecule is O=S(=O)(c1ccccc1)N(Cc1cccc(F)c1)c1nccs1. The van der Waals surface area contributed by atoms with Gasteiger partial charge in [-0.2, -0.15) is 0 Å². The molecule has 0 saturated heterocycles. The fraction of sp³-hybridized carbons (Fsp3) is 0.0625. The fourth-order valence-electron chi connectivity index (χ4n) is 2.12. The van der Waals surface area contributed by atoms with Crippen LogP contribution in [0.15, 0.2) is 71.1 Å². The van der Waals surface area contributed by atoms with Gasteiger partial charge in [-0.25, -0.2) is 22.1 Å². The van der Waals surface area contributed by atoms with Crippen molar-refractivity contribution in [2.45, 2.75) is 11.4 Å². The normalized spacial score (nSPS) is 11.3. The number of aromatic nitrogens is 1. The van der Waals surface area contributed by atoms with Gasteiger partial charge in [-0.15, -0.1) is 11.3 Å². The summed E-state index contributed by atoms with van der Waals surface area (Å²) in [6, 6.07) is 14.0. The Hall–Kier alpha value is -2.25. The third-order valence-electron chi connectivity index (χ3n) is 3.18. The average molecular weight is 348 g/mol. The number of thiazole rings is 1. The molecule has 0 aliphatic rings. The Bertz CT molecular complexity index is 881. The van der Waals surface area contributed by atoms with Crippen LogP contribution in [-0.2, 0) is 16.6 Å². The molecule has 0 aliphatic heterocycles. The van der Waals surface area contributed by atoms with Crippen LogP contribution < -0.4 is 4.31 Å². The quantitative estimate of drug-likeness (QED) is 0.707. The largest absolute Gasteiger partial charge is 0.266 e. The Morgan fingerprint density at radius 2 is 1.87 bits per heavy atom. The second-order valence-corrected chi connectivity index (χ2v) is 7.50. The molecule has 0 spiro atoms. The summed E-state index contributed by atoms with van der Waals surface area (Å²) in [5.74, 6) is -0.404. The molecule has 0 unspecified atom stereocenters. The molecule has 0 fully saturated rings. The van der Waals surface area contributed by atoms with E-state index in [0.717, 1.165) is 0 Å². The summed E-state index contributed by atoms with van der Waals surface area (Å²) < 4.78 is 40.4. The summed E-state index contributed by atoms with van der Waals surface area (Å²) in [5.41, 5.74) is 0.555. The maximum Gasteiger partial charge on any atom is 0.266 e. The number of halogens is 1. The molecule has 2 aromatic carbocycles. The maximum atomic E-state index is 13.4. The number of hydrogen-bond acceptors (Lipinski definition) is 4. The Morgan fingerprint density at radius 3 is 2.52 bits per heavy atom. The van der Waals surface area contributed by atoms with E-state index in [2.05, 4.69) is 4.98 Å². The molecule has 0 aliphatic carbocycles. The van der Waals surface area contributed by atoms with Gasteiger partial charge in [0.15, 0.2) is 5.13 Å². The van der Waals surface area contributed by atoms with Gasteiger partial charge in [0.2, 0.25) is 0 Å². The van der Waals surface area contributed by atoms with E-state index in [1.54, 1.807) is 41.9 Å². The van der Waals surface area contributed by atoms with Crippen LogP contribution in [0.25, 0.3) is 0 Å². The van der Waals surface area contributed by atoms with Crippen molar-refractivity contribution in [2.24, 2.45) is 0 Å². The standard InChI is InChI=1S/C16H13FN2O2S2/c17-14-6-4-5-13(11-14)12-19(16-18-9-10-22-16)23(20,21)15-7-2-1-3-8-15/h1-11H,12H2. The smallest absolute Gasteiger partial charge is 0.237 e. The third kappa shape index (κ3) is 3.40. The summed E-state index contributed by atoms with van der Waals surface area (Å²) in [4.78, 5) is 4.27. The zero-order valence-electron chi connectivity index (χ0n) is 12.0. The van der Waals surface area contributed by atoms with Crippen molar-refractivity contribution in [2.75, 3.05) is 4.31 Å². The Morgan fingerprint density at radius 1 is 1.09 bits per heavy atom. The molecule has 23 heavy (non-hydrogen) atoms. The molecule has 0 N–H and O–H groups in total. The van der Waals surface area contributed by atoms with Crippen LogP contribution in [0.2, 0.25) is 0 Å². The molecule has 3 aromatic rings. The second-order valence-electron chi connectivity index (χ2n) is 4.77. The minimum absolute atomic E-state index is 0.0164. The van der Waals surface area contributed by atoms with Crippen LogP contribution in [0.1, 0.15) is 5.56 Å². The van der Waals surface area contributed by atoms with E-state index in [0.29, 0.717) is 10.7 Å². The molecule has 1 aromatic heterocycles. The lowest BCUT2D eigenvalue weighted by Crippen LogP contribution is -2.30. The van der Waals surface area contributed by atoms with Crippen molar-refractivity contribution in [1.82, 2.24) is 4.98 Å². The van der Waals surface area contributed by atoms with Crippen molar-refractivity contribution >= 4 is 26.5 Å². The van der Waals surface area contributed by atoms with Gasteiger partial charge < -0.3 is 0 Å². The molecule has 0 bridgehead atoms. The Labute approximate surface area is 137 Å². The van der Waals surface area contributed by atoms with Gasteiger partial charge in [0.1, 0.15) is 5.82 Å².